The molecule has 8 nitrogen and oxygen atoms in total. The summed E-state index contributed by atoms with van der Waals surface area (Å²) in [6.45, 7) is 5.95. The van der Waals surface area contributed by atoms with Crippen LogP contribution >= 0.6 is 0 Å². The number of nitrogens with zero attached hydrogens (tertiary/aromatic N) is 2. The Balaban J connectivity index is 1.41. The summed E-state index contributed by atoms with van der Waals surface area (Å²) in [6.07, 6.45) is -4.50. The number of carbonyl (C=O) groups is 2. The van der Waals surface area contributed by atoms with Crippen LogP contribution in [0.15, 0.2) is 53.1 Å². The highest BCUT2D eigenvalue weighted by Gasteiger charge is 2.30. The van der Waals surface area contributed by atoms with Gasteiger partial charge in [0, 0.05) is 18.7 Å². The number of halogens is 3. The van der Waals surface area contributed by atoms with Crippen molar-refractivity contribution in [2.75, 3.05) is 19.7 Å². The molecule has 3 aromatic rings. The second-order valence-electron chi connectivity index (χ2n) is 8.67. The summed E-state index contributed by atoms with van der Waals surface area (Å²) in [5, 5.41) is 8.84. The molecule has 0 atom stereocenters. The molecule has 0 aliphatic rings. The van der Waals surface area contributed by atoms with Crippen LogP contribution < -0.4 is 15.4 Å². The fourth-order valence-electron chi connectivity index (χ4n) is 2.97. The van der Waals surface area contributed by atoms with E-state index in [1.54, 1.807) is 0 Å². The first-order valence-electron chi connectivity index (χ1n) is 10.7. The highest BCUT2D eigenvalue weighted by Crippen LogP contribution is 2.31. The molecule has 3 rings (SSSR count). The maximum atomic E-state index is 12.7. The third-order valence-electron chi connectivity index (χ3n) is 4.89. The Morgan fingerprint density at radius 1 is 0.971 bits per heavy atom. The van der Waals surface area contributed by atoms with Crippen molar-refractivity contribution in [1.29, 1.82) is 0 Å². The molecule has 1 heterocycles. The second kappa shape index (κ2) is 10.6. The minimum absolute atomic E-state index is 0.000560. The van der Waals surface area contributed by atoms with Crippen molar-refractivity contribution < 1.29 is 32.0 Å². The minimum Gasteiger partial charge on any atom is -0.484 e. The summed E-state index contributed by atoms with van der Waals surface area (Å²) < 4.78 is 48.3. The van der Waals surface area contributed by atoms with Crippen LogP contribution in [0.4, 0.5) is 13.2 Å². The molecule has 11 heteroatoms. The smallest absolute Gasteiger partial charge is 0.416 e. The van der Waals surface area contributed by atoms with Crippen molar-refractivity contribution >= 4 is 11.8 Å². The monoisotopic (exact) mass is 490 g/mol. The van der Waals surface area contributed by atoms with Crippen LogP contribution in [0.5, 0.6) is 5.75 Å². The van der Waals surface area contributed by atoms with Crippen molar-refractivity contribution in [2.24, 2.45) is 0 Å². The Morgan fingerprint density at radius 2 is 1.66 bits per heavy atom. The topological polar surface area (TPSA) is 106 Å². The van der Waals surface area contributed by atoms with Crippen LogP contribution in [0.25, 0.3) is 11.4 Å². The van der Waals surface area contributed by atoms with Gasteiger partial charge < -0.3 is 19.9 Å². The molecular weight excluding hydrogens is 465 g/mol. The third-order valence-corrected chi connectivity index (χ3v) is 4.89. The second-order valence-corrected chi connectivity index (χ2v) is 8.67. The van der Waals surface area contributed by atoms with Gasteiger partial charge in [0.15, 0.2) is 6.61 Å². The van der Waals surface area contributed by atoms with Crippen molar-refractivity contribution in [3.8, 4) is 17.1 Å². The molecule has 0 spiro atoms. The molecule has 0 bridgehead atoms. The van der Waals surface area contributed by atoms with Crippen molar-refractivity contribution in [1.82, 2.24) is 20.8 Å². The van der Waals surface area contributed by atoms with Crippen LogP contribution in [-0.2, 0) is 16.4 Å². The molecule has 0 aliphatic heterocycles. The molecule has 186 valence electrons. The van der Waals surface area contributed by atoms with E-state index in [2.05, 4.69) is 41.5 Å². The maximum absolute atomic E-state index is 12.7. The van der Waals surface area contributed by atoms with Crippen LogP contribution in [0.2, 0.25) is 0 Å². The Kier molecular flexibility index (Phi) is 7.78. The molecule has 0 unspecified atom stereocenters. The van der Waals surface area contributed by atoms with E-state index in [9.17, 15) is 22.8 Å². The predicted molar refractivity (Wildman–Crippen MR) is 121 cm³/mol. The lowest BCUT2D eigenvalue weighted by atomic mass is 9.87. The van der Waals surface area contributed by atoms with Crippen LogP contribution in [-0.4, -0.2) is 41.7 Å². The molecule has 2 amide bonds. The molecule has 2 N–H and O–H groups in total. The van der Waals surface area contributed by atoms with Crippen LogP contribution in [0.3, 0.4) is 0 Å². The summed E-state index contributed by atoms with van der Waals surface area (Å²) in [5.74, 6) is -1.20. The van der Waals surface area contributed by atoms with Gasteiger partial charge in [0.2, 0.25) is 5.82 Å². The van der Waals surface area contributed by atoms with E-state index in [1.807, 2.05) is 24.3 Å². The van der Waals surface area contributed by atoms with Crippen molar-refractivity contribution in [3.63, 3.8) is 0 Å². The van der Waals surface area contributed by atoms with E-state index in [1.165, 1.54) is 12.1 Å². The Bertz CT molecular complexity index is 1170. The average molecular weight is 490 g/mol. The van der Waals surface area contributed by atoms with Crippen molar-refractivity contribution in [3.05, 3.63) is 65.5 Å². The predicted octanol–water partition coefficient (Wildman–Crippen LogP) is 3.98. The number of nitrogens with one attached hydrogen (secondary N) is 2. The summed E-state index contributed by atoms with van der Waals surface area (Å²) >= 11 is 0. The zero-order chi connectivity index (χ0) is 25.6. The average Bonchev–Trinajstić information content (AvgIpc) is 3.30. The fourth-order valence-corrected chi connectivity index (χ4v) is 2.97. The van der Waals surface area contributed by atoms with E-state index < -0.39 is 30.2 Å². The van der Waals surface area contributed by atoms with Gasteiger partial charge in [-0.3, -0.25) is 9.59 Å². The number of hydrogen-bond acceptors (Lipinski definition) is 6. The number of hydrogen-bond donors (Lipinski definition) is 2. The molecule has 0 aliphatic carbocycles. The zero-order valence-electron chi connectivity index (χ0n) is 19.4. The van der Waals surface area contributed by atoms with Crippen LogP contribution in [0.1, 0.15) is 42.6 Å². The zero-order valence-corrected chi connectivity index (χ0v) is 19.4. The Morgan fingerprint density at radius 3 is 2.31 bits per heavy atom. The van der Waals surface area contributed by atoms with Gasteiger partial charge in [-0.05, 0) is 29.2 Å². The lowest BCUT2D eigenvalue weighted by Gasteiger charge is -2.18. The minimum atomic E-state index is -4.50. The number of ether oxygens (including phenoxy) is 1. The Hall–Kier alpha value is -3.89. The normalized spacial score (nSPS) is 11.7. The number of amides is 2. The summed E-state index contributed by atoms with van der Waals surface area (Å²) in [4.78, 5) is 28.1. The SMILES string of the molecule is CC(C)(C)c1ccc(-c2noc(C(=O)NCCNC(=O)COc3cccc(C(F)(F)F)c3)n2)cc1. The largest absolute Gasteiger partial charge is 0.484 e. The molecule has 0 saturated carbocycles. The number of rotatable bonds is 8. The number of aromatic nitrogens is 2. The lowest BCUT2D eigenvalue weighted by Crippen LogP contribution is -2.36. The first-order valence-corrected chi connectivity index (χ1v) is 10.7. The van der Waals surface area contributed by atoms with Gasteiger partial charge in [0.1, 0.15) is 5.75 Å². The van der Waals surface area contributed by atoms with Crippen molar-refractivity contribution in [2.45, 2.75) is 32.4 Å². The van der Waals surface area contributed by atoms with Gasteiger partial charge in [-0.25, -0.2) is 0 Å². The van der Waals surface area contributed by atoms with Gasteiger partial charge in [0.05, 0.1) is 5.56 Å². The molecule has 35 heavy (non-hydrogen) atoms. The molecule has 2 aromatic carbocycles. The van der Waals surface area contributed by atoms with Gasteiger partial charge in [0.25, 0.3) is 5.91 Å². The molecular formula is C24H25F3N4O4. The standard InChI is InChI=1S/C24H25F3N4O4/c1-23(2,3)16-9-7-15(8-10-16)20-30-22(35-31-20)21(33)29-12-11-28-19(32)14-34-18-6-4-5-17(13-18)24(25,26)27/h4-10,13H,11-12,14H2,1-3H3,(H,28,32)(H,29,33). The summed E-state index contributed by atoms with van der Waals surface area (Å²) in [5.41, 5.74) is 0.976. The number of benzene rings is 2. The molecule has 0 fully saturated rings. The highest BCUT2D eigenvalue weighted by atomic mass is 19.4. The van der Waals surface area contributed by atoms with Crippen LogP contribution in [0, 0.1) is 0 Å². The van der Waals surface area contributed by atoms with Gasteiger partial charge in [-0.2, -0.15) is 18.2 Å². The maximum Gasteiger partial charge on any atom is 0.416 e. The first-order chi connectivity index (χ1) is 16.4. The van der Waals surface area contributed by atoms with E-state index >= 15 is 0 Å². The highest BCUT2D eigenvalue weighted by molar-refractivity contribution is 5.89. The van der Waals surface area contributed by atoms with E-state index in [0.717, 1.165) is 17.7 Å². The number of carbonyl (C=O) groups excluding carboxylic acids is 2. The van der Waals surface area contributed by atoms with E-state index in [0.29, 0.717) is 5.56 Å². The van der Waals surface area contributed by atoms with Gasteiger partial charge in [-0.1, -0.05) is 56.3 Å². The molecule has 0 saturated heterocycles. The first kappa shape index (κ1) is 25.7. The third kappa shape index (κ3) is 7.29. The van der Waals surface area contributed by atoms with E-state index in [4.69, 9.17) is 9.26 Å². The molecule has 1 aromatic heterocycles. The Labute approximate surface area is 199 Å². The number of alkyl halides is 3. The molecule has 0 radical (unpaired) electrons. The summed E-state index contributed by atoms with van der Waals surface area (Å²) in [6, 6.07) is 11.9. The fraction of sp³-hybridized carbons (Fsp3) is 0.333. The summed E-state index contributed by atoms with van der Waals surface area (Å²) in [7, 11) is 0. The quantitative estimate of drug-likeness (QED) is 0.463. The van der Waals surface area contributed by atoms with Gasteiger partial charge in [-0.15, -0.1) is 0 Å². The van der Waals surface area contributed by atoms with E-state index in [-0.39, 0.29) is 36.0 Å². The lowest BCUT2D eigenvalue weighted by molar-refractivity contribution is -0.137. The van der Waals surface area contributed by atoms with Gasteiger partial charge >= 0.3 is 18.0 Å².